The van der Waals surface area contributed by atoms with Gasteiger partial charge in [0.25, 0.3) is 6.43 Å². The molecule has 0 spiro atoms. The second-order valence-electron chi connectivity index (χ2n) is 2.05. The van der Waals surface area contributed by atoms with Crippen molar-refractivity contribution >= 4 is 5.84 Å². The minimum absolute atomic E-state index is 0.106. The first kappa shape index (κ1) is 10.1. The Kier molecular flexibility index (Phi) is 4.44. The van der Waals surface area contributed by atoms with Gasteiger partial charge in [0, 0.05) is 0 Å². The van der Waals surface area contributed by atoms with Crippen molar-refractivity contribution in [3.8, 4) is 0 Å². The van der Waals surface area contributed by atoms with Gasteiger partial charge in [-0.1, -0.05) is 5.16 Å². The molecule has 0 fully saturated rings. The van der Waals surface area contributed by atoms with Crippen LogP contribution < -0.4 is 11.1 Å². The van der Waals surface area contributed by atoms with Crippen LogP contribution in [0, 0.1) is 0 Å². The van der Waals surface area contributed by atoms with Crippen molar-refractivity contribution in [2.45, 2.75) is 19.4 Å². The fourth-order valence-corrected chi connectivity index (χ4v) is 0.457. The maximum Gasteiger partial charge on any atom is 0.250 e. The number of rotatable bonds is 4. The molecule has 0 aromatic carbocycles. The van der Waals surface area contributed by atoms with E-state index in [-0.39, 0.29) is 5.84 Å². The molecule has 0 amide bonds. The number of alkyl halides is 2. The molecular formula is C5H11F2N3O. The van der Waals surface area contributed by atoms with Crippen LogP contribution >= 0.6 is 0 Å². The highest BCUT2D eigenvalue weighted by molar-refractivity contribution is 5.84. The largest absolute Gasteiger partial charge is 0.409 e. The fourth-order valence-electron chi connectivity index (χ4n) is 0.457. The minimum Gasteiger partial charge on any atom is -0.409 e. The van der Waals surface area contributed by atoms with E-state index >= 15 is 0 Å². The number of nitrogens with zero attached hydrogens (tertiary/aromatic N) is 1. The first-order chi connectivity index (χ1) is 5.07. The van der Waals surface area contributed by atoms with Gasteiger partial charge < -0.3 is 16.3 Å². The Morgan fingerprint density at radius 3 is 2.64 bits per heavy atom. The summed E-state index contributed by atoms with van der Waals surface area (Å²) in [6, 6.07) is -0.533. The van der Waals surface area contributed by atoms with Crippen LogP contribution in [-0.4, -0.2) is 30.1 Å². The zero-order valence-electron chi connectivity index (χ0n) is 6.09. The summed E-state index contributed by atoms with van der Waals surface area (Å²) in [7, 11) is 0. The van der Waals surface area contributed by atoms with Crippen molar-refractivity contribution < 1.29 is 14.0 Å². The van der Waals surface area contributed by atoms with Crippen LogP contribution in [0.5, 0.6) is 0 Å². The molecule has 0 rings (SSSR count). The Bertz CT molecular complexity index is 140. The van der Waals surface area contributed by atoms with E-state index in [2.05, 4.69) is 10.5 Å². The molecule has 0 saturated heterocycles. The van der Waals surface area contributed by atoms with E-state index in [0.29, 0.717) is 0 Å². The molecule has 66 valence electrons. The molecule has 1 unspecified atom stereocenters. The predicted octanol–water partition coefficient (Wildman–Crippen LogP) is -0.0240. The molecule has 0 bridgehead atoms. The minimum atomic E-state index is -2.43. The Balaban J connectivity index is 3.61. The Morgan fingerprint density at radius 2 is 2.27 bits per heavy atom. The number of halogens is 2. The quantitative estimate of drug-likeness (QED) is 0.238. The summed E-state index contributed by atoms with van der Waals surface area (Å²) < 4.78 is 23.1. The van der Waals surface area contributed by atoms with Gasteiger partial charge in [-0.05, 0) is 6.92 Å². The number of amidine groups is 1. The summed E-state index contributed by atoms with van der Waals surface area (Å²) >= 11 is 0. The highest BCUT2D eigenvalue weighted by Crippen LogP contribution is 1.89. The zero-order valence-corrected chi connectivity index (χ0v) is 6.09. The summed E-state index contributed by atoms with van der Waals surface area (Å²) in [5.74, 6) is -0.106. The molecule has 0 aliphatic rings. The fraction of sp³-hybridized carbons (Fsp3) is 0.800. The molecular weight excluding hydrogens is 156 g/mol. The topological polar surface area (TPSA) is 70.6 Å². The highest BCUT2D eigenvalue weighted by atomic mass is 19.3. The first-order valence-electron chi connectivity index (χ1n) is 3.07. The summed E-state index contributed by atoms with van der Waals surface area (Å²) in [5.41, 5.74) is 5.10. The summed E-state index contributed by atoms with van der Waals surface area (Å²) in [6.45, 7) is 1.06. The summed E-state index contributed by atoms with van der Waals surface area (Å²) in [4.78, 5) is 0. The van der Waals surface area contributed by atoms with E-state index in [1.807, 2.05) is 0 Å². The van der Waals surface area contributed by atoms with Crippen molar-refractivity contribution in [2.24, 2.45) is 10.9 Å². The number of nitrogens with two attached hydrogens (primary N) is 1. The lowest BCUT2D eigenvalue weighted by atomic mass is 10.3. The van der Waals surface area contributed by atoms with Crippen LogP contribution in [0.3, 0.4) is 0 Å². The number of hydrogen-bond acceptors (Lipinski definition) is 3. The maximum absolute atomic E-state index is 11.6. The van der Waals surface area contributed by atoms with Crippen LogP contribution in [-0.2, 0) is 0 Å². The second-order valence-corrected chi connectivity index (χ2v) is 2.05. The molecule has 6 heteroatoms. The molecule has 4 N–H and O–H groups in total. The SMILES string of the molecule is CC(NCC(F)F)C(N)=NO. The number of nitrogens with one attached hydrogen (secondary N) is 1. The highest BCUT2D eigenvalue weighted by Gasteiger charge is 2.09. The van der Waals surface area contributed by atoms with Crippen molar-refractivity contribution in [1.29, 1.82) is 0 Å². The third kappa shape index (κ3) is 4.49. The van der Waals surface area contributed by atoms with E-state index < -0.39 is 19.0 Å². The molecule has 1 atom stereocenters. The molecule has 0 heterocycles. The van der Waals surface area contributed by atoms with Gasteiger partial charge in [0.1, 0.15) is 0 Å². The van der Waals surface area contributed by atoms with Crippen LogP contribution in [0.2, 0.25) is 0 Å². The van der Waals surface area contributed by atoms with E-state index in [9.17, 15) is 8.78 Å². The number of hydrogen-bond donors (Lipinski definition) is 3. The molecule has 0 aromatic rings. The van der Waals surface area contributed by atoms with Crippen LogP contribution in [0.4, 0.5) is 8.78 Å². The zero-order chi connectivity index (χ0) is 8.85. The maximum atomic E-state index is 11.6. The van der Waals surface area contributed by atoms with E-state index in [0.717, 1.165) is 0 Å². The Labute approximate surface area is 63.1 Å². The monoisotopic (exact) mass is 167 g/mol. The van der Waals surface area contributed by atoms with Gasteiger partial charge in [-0.3, -0.25) is 0 Å². The van der Waals surface area contributed by atoms with Gasteiger partial charge in [0.05, 0.1) is 12.6 Å². The van der Waals surface area contributed by atoms with Crippen LogP contribution in [0.15, 0.2) is 5.16 Å². The first-order valence-corrected chi connectivity index (χ1v) is 3.07. The normalized spacial score (nSPS) is 15.5. The van der Waals surface area contributed by atoms with Crippen molar-refractivity contribution in [2.75, 3.05) is 6.54 Å². The third-order valence-electron chi connectivity index (χ3n) is 1.14. The van der Waals surface area contributed by atoms with Crippen molar-refractivity contribution in [3.63, 3.8) is 0 Å². The van der Waals surface area contributed by atoms with Crippen LogP contribution in [0.25, 0.3) is 0 Å². The van der Waals surface area contributed by atoms with Crippen molar-refractivity contribution in [1.82, 2.24) is 5.32 Å². The third-order valence-corrected chi connectivity index (χ3v) is 1.14. The van der Waals surface area contributed by atoms with E-state index in [4.69, 9.17) is 10.9 Å². The van der Waals surface area contributed by atoms with Gasteiger partial charge in [-0.15, -0.1) is 0 Å². The second kappa shape index (κ2) is 4.84. The molecule has 0 aliphatic carbocycles. The van der Waals surface area contributed by atoms with E-state index in [1.54, 1.807) is 0 Å². The van der Waals surface area contributed by atoms with Gasteiger partial charge in [0.2, 0.25) is 0 Å². The van der Waals surface area contributed by atoms with Gasteiger partial charge in [-0.25, -0.2) is 8.78 Å². The predicted molar refractivity (Wildman–Crippen MR) is 36.9 cm³/mol. The van der Waals surface area contributed by atoms with Crippen LogP contribution in [0.1, 0.15) is 6.92 Å². The molecule has 0 aliphatic heterocycles. The summed E-state index contributed by atoms with van der Waals surface area (Å²) in [6.07, 6.45) is -2.43. The van der Waals surface area contributed by atoms with Gasteiger partial charge in [0.15, 0.2) is 5.84 Å². The molecule has 11 heavy (non-hydrogen) atoms. The average molecular weight is 167 g/mol. The van der Waals surface area contributed by atoms with Gasteiger partial charge in [-0.2, -0.15) is 0 Å². The standard InChI is InChI=1S/C5H11F2N3O/c1-3(5(8)10-11)9-2-4(6)7/h3-4,9,11H,2H2,1H3,(H2,8,10). The van der Waals surface area contributed by atoms with Crippen molar-refractivity contribution in [3.05, 3.63) is 0 Å². The molecule has 4 nitrogen and oxygen atoms in total. The van der Waals surface area contributed by atoms with Gasteiger partial charge >= 0.3 is 0 Å². The smallest absolute Gasteiger partial charge is 0.250 e. The lowest BCUT2D eigenvalue weighted by Gasteiger charge is -2.10. The Morgan fingerprint density at radius 1 is 1.73 bits per heavy atom. The molecule has 0 radical (unpaired) electrons. The lowest BCUT2D eigenvalue weighted by molar-refractivity contribution is 0.144. The summed E-state index contributed by atoms with van der Waals surface area (Å²) in [5, 5.41) is 13.1. The average Bonchev–Trinajstić information content (AvgIpc) is 1.98. The molecule has 0 saturated carbocycles. The number of oxime groups is 1. The molecule has 0 aromatic heterocycles. The van der Waals surface area contributed by atoms with E-state index in [1.165, 1.54) is 6.92 Å². The Hall–Kier alpha value is -0.910. The lowest BCUT2D eigenvalue weighted by Crippen LogP contribution is -2.41.